The van der Waals surface area contributed by atoms with Gasteiger partial charge in [0.05, 0.1) is 24.0 Å². The Morgan fingerprint density at radius 3 is 2.79 bits per heavy atom. The second-order valence-corrected chi connectivity index (χ2v) is 7.74. The van der Waals surface area contributed by atoms with Crippen LogP contribution in [0.25, 0.3) is 0 Å². The summed E-state index contributed by atoms with van der Waals surface area (Å²) in [6.07, 6.45) is 4.76. The van der Waals surface area contributed by atoms with Gasteiger partial charge in [0.2, 0.25) is 5.91 Å². The first-order valence-electron chi connectivity index (χ1n) is 9.17. The van der Waals surface area contributed by atoms with Crippen LogP contribution in [-0.4, -0.2) is 45.6 Å². The average Bonchev–Trinajstić information content (AvgIpc) is 2.99. The first-order valence-corrected chi connectivity index (χ1v) is 9.96. The Morgan fingerprint density at radius 1 is 1.32 bits per heavy atom. The third-order valence-corrected chi connectivity index (χ3v) is 5.84. The lowest BCUT2D eigenvalue weighted by Crippen LogP contribution is -2.42. The summed E-state index contributed by atoms with van der Waals surface area (Å²) in [6, 6.07) is 4.48. The molecule has 2 aromatic rings. The molecule has 1 aromatic heterocycles. The molecule has 1 aliphatic rings. The van der Waals surface area contributed by atoms with E-state index in [-0.39, 0.29) is 17.2 Å². The number of benzene rings is 1. The quantitative estimate of drug-likeness (QED) is 0.729. The van der Waals surface area contributed by atoms with Crippen molar-refractivity contribution < 1.29 is 14.0 Å². The van der Waals surface area contributed by atoms with E-state index in [1.54, 1.807) is 7.05 Å². The number of aryl methyl sites for hydroxylation is 1. The Morgan fingerprint density at radius 2 is 2.11 bits per heavy atom. The fraction of sp³-hybridized carbons (Fsp3) is 0.421. The van der Waals surface area contributed by atoms with Crippen LogP contribution < -0.4 is 10.6 Å². The number of nitrogens with one attached hydrogen (secondary N) is 2. The fourth-order valence-electron chi connectivity index (χ4n) is 3.24. The predicted octanol–water partition coefficient (Wildman–Crippen LogP) is 3.39. The molecule has 150 valence electrons. The molecule has 2 heterocycles. The summed E-state index contributed by atoms with van der Waals surface area (Å²) in [7, 11) is 1.68. The molecular formula is C19H23BrFN5O2. The molecule has 0 aliphatic carbocycles. The molecule has 28 heavy (non-hydrogen) atoms. The van der Waals surface area contributed by atoms with Crippen molar-refractivity contribution in [3.05, 3.63) is 40.4 Å². The van der Waals surface area contributed by atoms with Crippen LogP contribution in [0.2, 0.25) is 0 Å². The fourth-order valence-corrected chi connectivity index (χ4v) is 3.61. The lowest BCUT2D eigenvalue weighted by atomic mass is 10.0. The maximum atomic E-state index is 14.1. The van der Waals surface area contributed by atoms with Crippen LogP contribution in [0.3, 0.4) is 0 Å². The topological polar surface area (TPSA) is 79.3 Å². The van der Waals surface area contributed by atoms with Crippen molar-refractivity contribution in [1.82, 2.24) is 14.7 Å². The van der Waals surface area contributed by atoms with Crippen LogP contribution in [0.5, 0.6) is 0 Å². The van der Waals surface area contributed by atoms with E-state index in [1.165, 1.54) is 35.5 Å². The number of rotatable bonds is 5. The SMILES string of the molecule is CC1CCCCN1CC(=O)Nc1ccc(F)c(NC(=O)c2cnn(C)c2Br)c1. The largest absolute Gasteiger partial charge is 0.325 e. The van der Waals surface area contributed by atoms with Gasteiger partial charge in [-0.3, -0.25) is 19.2 Å². The Hall–Kier alpha value is -2.26. The van der Waals surface area contributed by atoms with E-state index in [0.29, 0.717) is 22.9 Å². The van der Waals surface area contributed by atoms with E-state index in [1.807, 2.05) is 0 Å². The van der Waals surface area contributed by atoms with Crippen molar-refractivity contribution in [1.29, 1.82) is 0 Å². The zero-order valence-corrected chi connectivity index (χ0v) is 17.4. The second kappa shape index (κ2) is 8.83. The maximum Gasteiger partial charge on any atom is 0.260 e. The first kappa shape index (κ1) is 20.5. The monoisotopic (exact) mass is 451 g/mol. The van der Waals surface area contributed by atoms with E-state index in [2.05, 4.69) is 43.5 Å². The van der Waals surface area contributed by atoms with E-state index in [0.717, 1.165) is 19.4 Å². The highest BCUT2D eigenvalue weighted by Gasteiger charge is 2.21. The molecule has 0 radical (unpaired) electrons. The highest BCUT2D eigenvalue weighted by atomic mass is 79.9. The molecule has 0 saturated carbocycles. The van der Waals surface area contributed by atoms with Gasteiger partial charge in [-0.15, -0.1) is 0 Å². The van der Waals surface area contributed by atoms with Gasteiger partial charge in [-0.25, -0.2) is 4.39 Å². The van der Waals surface area contributed by atoms with Crippen LogP contribution in [-0.2, 0) is 11.8 Å². The summed E-state index contributed by atoms with van der Waals surface area (Å²) < 4.78 is 16.1. The standard InChI is InChI=1S/C19H23BrFN5O2/c1-12-5-3-4-8-26(12)11-17(27)23-13-6-7-15(21)16(9-13)24-19(28)14-10-22-25(2)18(14)20/h6-7,9-10,12H,3-5,8,11H2,1-2H3,(H,23,27)(H,24,28). The number of nitrogens with zero attached hydrogens (tertiary/aromatic N) is 3. The van der Waals surface area contributed by atoms with Crippen molar-refractivity contribution in [3.63, 3.8) is 0 Å². The van der Waals surface area contributed by atoms with Gasteiger partial charge in [0, 0.05) is 18.8 Å². The Labute approximate surface area is 171 Å². The molecule has 2 N–H and O–H groups in total. The Bertz CT molecular complexity index is 885. The molecule has 1 fully saturated rings. The van der Waals surface area contributed by atoms with E-state index < -0.39 is 11.7 Å². The number of carbonyl (C=O) groups is 2. The minimum Gasteiger partial charge on any atom is -0.325 e. The number of likely N-dealkylation sites (tertiary alicyclic amines) is 1. The van der Waals surface area contributed by atoms with Gasteiger partial charge in [0.25, 0.3) is 5.91 Å². The van der Waals surface area contributed by atoms with Crippen molar-refractivity contribution in [3.8, 4) is 0 Å². The Balaban J connectivity index is 1.66. The lowest BCUT2D eigenvalue weighted by Gasteiger charge is -2.32. The highest BCUT2D eigenvalue weighted by Crippen LogP contribution is 2.23. The first-order chi connectivity index (χ1) is 13.3. The third-order valence-electron chi connectivity index (χ3n) is 4.90. The van der Waals surface area contributed by atoms with Gasteiger partial charge in [-0.05, 0) is 60.4 Å². The molecule has 1 atom stereocenters. The molecule has 1 saturated heterocycles. The molecule has 0 bridgehead atoms. The normalized spacial score (nSPS) is 17.4. The number of aromatic nitrogens is 2. The summed E-state index contributed by atoms with van der Waals surface area (Å²) in [5.41, 5.74) is 0.705. The van der Waals surface area contributed by atoms with Gasteiger partial charge in [0.15, 0.2) is 0 Å². The van der Waals surface area contributed by atoms with Gasteiger partial charge in [-0.2, -0.15) is 5.10 Å². The molecule has 0 spiro atoms. The van der Waals surface area contributed by atoms with Gasteiger partial charge < -0.3 is 10.6 Å². The molecule has 1 aromatic carbocycles. The number of piperidine rings is 1. The summed E-state index contributed by atoms with van der Waals surface area (Å²) >= 11 is 3.27. The zero-order valence-electron chi connectivity index (χ0n) is 15.8. The van der Waals surface area contributed by atoms with E-state index in [9.17, 15) is 14.0 Å². The maximum absolute atomic E-state index is 14.1. The minimum absolute atomic E-state index is 0.00936. The average molecular weight is 452 g/mol. The third kappa shape index (κ3) is 4.77. The highest BCUT2D eigenvalue weighted by molar-refractivity contribution is 9.10. The summed E-state index contributed by atoms with van der Waals surface area (Å²) in [5, 5.41) is 9.28. The number of amides is 2. The van der Waals surface area contributed by atoms with Crippen molar-refractivity contribution in [2.45, 2.75) is 32.2 Å². The number of hydrogen-bond donors (Lipinski definition) is 2. The van der Waals surface area contributed by atoms with Gasteiger partial charge in [0.1, 0.15) is 10.4 Å². The summed E-state index contributed by atoms with van der Waals surface area (Å²) in [4.78, 5) is 26.9. The molecule has 1 aliphatic heterocycles. The number of carbonyl (C=O) groups excluding carboxylic acids is 2. The molecule has 2 amide bonds. The molecule has 1 unspecified atom stereocenters. The lowest BCUT2D eigenvalue weighted by molar-refractivity contribution is -0.118. The van der Waals surface area contributed by atoms with Crippen molar-refractivity contribution in [2.24, 2.45) is 7.05 Å². The van der Waals surface area contributed by atoms with Crippen LogP contribution in [0.15, 0.2) is 29.0 Å². The van der Waals surface area contributed by atoms with Crippen molar-refractivity contribution in [2.75, 3.05) is 23.7 Å². The number of halogens is 2. The van der Waals surface area contributed by atoms with Crippen molar-refractivity contribution >= 4 is 39.1 Å². The smallest absolute Gasteiger partial charge is 0.260 e. The molecule has 3 rings (SSSR count). The Kier molecular flexibility index (Phi) is 6.46. The second-order valence-electron chi connectivity index (χ2n) is 6.98. The van der Waals surface area contributed by atoms with E-state index in [4.69, 9.17) is 0 Å². The van der Waals surface area contributed by atoms with Crippen LogP contribution in [0, 0.1) is 5.82 Å². The zero-order chi connectivity index (χ0) is 20.3. The molecular weight excluding hydrogens is 429 g/mol. The predicted molar refractivity (Wildman–Crippen MR) is 109 cm³/mol. The minimum atomic E-state index is -0.587. The summed E-state index contributed by atoms with van der Waals surface area (Å²) in [6.45, 7) is 3.32. The number of anilines is 2. The van der Waals surface area contributed by atoms with E-state index >= 15 is 0 Å². The van der Waals surface area contributed by atoms with Gasteiger partial charge in [-0.1, -0.05) is 6.42 Å². The van der Waals surface area contributed by atoms with Crippen LogP contribution in [0.4, 0.5) is 15.8 Å². The van der Waals surface area contributed by atoms with Crippen LogP contribution >= 0.6 is 15.9 Å². The molecule has 9 heteroatoms. The summed E-state index contributed by atoms with van der Waals surface area (Å²) in [5.74, 6) is -1.24. The number of hydrogen-bond acceptors (Lipinski definition) is 4. The van der Waals surface area contributed by atoms with Crippen LogP contribution in [0.1, 0.15) is 36.5 Å². The molecule has 7 nitrogen and oxygen atoms in total. The van der Waals surface area contributed by atoms with Gasteiger partial charge >= 0.3 is 0 Å².